The second-order valence-electron chi connectivity index (χ2n) is 2.79. The van der Waals surface area contributed by atoms with Crippen molar-refractivity contribution in [2.24, 2.45) is 0 Å². The van der Waals surface area contributed by atoms with E-state index in [1.54, 1.807) is 0 Å². The number of hydrogen-bond donors (Lipinski definition) is 0. The summed E-state index contributed by atoms with van der Waals surface area (Å²) >= 11 is 11.2. The van der Waals surface area contributed by atoms with Crippen LogP contribution in [-0.2, 0) is 0 Å². The molecule has 0 spiro atoms. The van der Waals surface area contributed by atoms with Gasteiger partial charge in [0.1, 0.15) is 16.3 Å². The summed E-state index contributed by atoms with van der Waals surface area (Å²) in [6.07, 6.45) is 0. The maximum atomic E-state index is 11.5. The van der Waals surface area contributed by atoms with Crippen LogP contribution in [0.25, 0.3) is 0 Å². The van der Waals surface area contributed by atoms with Gasteiger partial charge >= 0.3 is 0 Å². The van der Waals surface area contributed by atoms with E-state index in [1.165, 1.54) is 13.2 Å². The normalized spacial score (nSPS) is 9.94. The number of alkyl halides is 1. The predicted molar refractivity (Wildman–Crippen MR) is 59.7 cm³/mol. The van der Waals surface area contributed by atoms with Crippen molar-refractivity contribution >= 4 is 34.7 Å². The largest absolute Gasteiger partial charge is 0.495 e. The van der Waals surface area contributed by atoms with E-state index in [0.717, 1.165) is 6.07 Å². The number of benzene rings is 1. The molecule has 0 atom stereocenters. The van der Waals surface area contributed by atoms with Gasteiger partial charge in [-0.2, -0.15) is 0 Å². The van der Waals surface area contributed by atoms with Gasteiger partial charge in [0, 0.05) is 6.07 Å². The molecule has 0 bridgehead atoms. The fourth-order valence-corrected chi connectivity index (χ4v) is 1.66. The van der Waals surface area contributed by atoms with Gasteiger partial charge in [-0.25, -0.2) is 0 Å². The third kappa shape index (κ3) is 2.25. The molecule has 1 rings (SSSR count). The molecule has 0 saturated carbocycles. The minimum absolute atomic E-state index is 0.0950. The number of methoxy groups -OCH3 is 1. The summed E-state index contributed by atoms with van der Waals surface area (Å²) in [4.78, 5) is 21.5. The van der Waals surface area contributed by atoms with Gasteiger partial charge in [0.2, 0.25) is 0 Å². The van der Waals surface area contributed by atoms with Crippen LogP contribution >= 0.6 is 23.2 Å². The van der Waals surface area contributed by atoms with E-state index in [0.29, 0.717) is 0 Å². The molecule has 0 aliphatic rings. The van der Waals surface area contributed by atoms with E-state index >= 15 is 0 Å². The number of Topliss-reactive ketones (excluding diaryl/α,β-unsaturated/α-hetero) is 1. The maximum absolute atomic E-state index is 11.5. The zero-order chi connectivity index (χ0) is 12.3. The van der Waals surface area contributed by atoms with Gasteiger partial charge in [0.25, 0.3) is 5.69 Å². The monoisotopic (exact) mass is 263 g/mol. The van der Waals surface area contributed by atoms with Gasteiger partial charge < -0.3 is 4.74 Å². The van der Waals surface area contributed by atoms with Crippen molar-refractivity contribution < 1.29 is 14.5 Å². The molecule has 0 aliphatic heterocycles. The second kappa shape index (κ2) is 5.14. The van der Waals surface area contributed by atoms with Crippen molar-refractivity contribution in [3.8, 4) is 5.75 Å². The molecule has 0 unspecified atom stereocenters. The van der Waals surface area contributed by atoms with Gasteiger partial charge in [-0.05, 0) is 6.07 Å². The molecule has 0 radical (unpaired) electrons. The number of carbonyl (C=O) groups excluding carboxylic acids is 1. The third-order valence-corrected chi connectivity index (χ3v) is 2.52. The molecule has 0 aliphatic carbocycles. The topological polar surface area (TPSA) is 69.4 Å². The number of rotatable bonds is 4. The fraction of sp³-hybridized carbons (Fsp3) is 0.222. The minimum Gasteiger partial charge on any atom is -0.495 e. The summed E-state index contributed by atoms with van der Waals surface area (Å²) in [5.74, 6) is -0.800. The first-order chi connectivity index (χ1) is 7.52. The van der Waals surface area contributed by atoms with Crippen LogP contribution in [0.2, 0.25) is 5.02 Å². The number of ketones is 1. The number of ether oxygens (including phenoxy) is 1. The molecule has 1 aromatic rings. The fourth-order valence-electron chi connectivity index (χ4n) is 1.19. The molecule has 0 saturated heterocycles. The lowest BCUT2D eigenvalue weighted by atomic mass is 10.1. The van der Waals surface area contributed by atoms with Crippen molar-refractivity contribution in [2.75, 3.05) is 13.0 Å². The van der Waals surface area contributed by atoms with Crippen LogP contribution in [0.3, 0.4) is 0 Å². The maximum Gasteiger partial charge on any atom is 0.282 e. The Kier molecular flexibility index (Phi) is 4.09. The van der Waals surface area contributed by atoms with Crippen LogP contribution in [0.15, 0.2) is 12.1 Å². The van der Waals surface area contributed by atoms with Gasteiger partial charge in [-0.3, -0.25) is 14.9 Å². The lowest BCUT2D eigenvalue weighted by molar-refractivity contribution is -0.385. The van der Waals surface area contributed by atoms with E-state index in [9.17, 15) is 14.9 Å². The van der Waals surface area contributed by atoms with Crippen molar-refractivity contribution in [3.63, 3.8) is 0 Å². The van der Waals surface area contributed by atoms with Gasteiger partial charge in [0.05, 0.1) is 17.9 Å². The Morgan fingerprint density at radius 1 is 1.56 bits per heavy atom. The lowest BCUT2D eigenvalue weighted by Crippen LogP contribution is -2.07. The molecule has 0 fully saturated rings. The highest BCUT2D eigenvalue weighted by Crippen LogP contribution is 2.34. The minimum atomic E-state index is -0.689. The van der Waals surface area contributed by atoms with Crippen LogP contribution < -0.4 is 4.74 Å². The number of nitro benzene ring substituents is 1. The Morgan fingerprint density at radius 2 is 2.19 bits per heavy atom. The molecule has 0 N–H and O–H groups in total. The summed E-state index contributed by atoms with van der Waals surface area (Å²) in [7, 11) is 1.35. The Morgan fingerprint density at radius 3 is 2.62 bits per heavy atom. The van der Waals surface area contributed by atoms with Crippen LogP contribution in [0.1, 0.15) is 10.4 Å². The molecular weight excluding hydrogens is 257 g/mol. The van der Waals surface area contributed by atoms with Gasteiger partial charge in [-0.15, -0.1) is 11.6 Å². The van der Waals surface area contributed by atoms with Crippen LogP contribution in [0.4, 0.5) is 5.69 Å². The number of nitrogens with zero attached hydrogens (tertiary/aromatic N) is 1. The van der Waals surface area contributed by atoms with Crippen molar-refractivity contribution in [2.45, 2.75) is 0 Å². The Bertz CT molecular complexity index is 447. The van der Waals surface area contributed by atoms with E-state index in [-0.39, 0.29) is 27.9 Å². The first kappa shape index (κ1) is 12.7. The molecule has 7 heteroatoms. The first-order valence-corrected chi connectivity index (χ1v) is 5.04. The number of nitro groups is 1. The SMILES string of the molecule is COc1ccc([N+](=O)[O-])c(C(=O)CCl)c1Cl. The molecular formula is C9H7Cl2NO4. The predicted octanol–water partition coefficient (Wildman–Crippen LogP) is 2.68. The van der Waals surface area contributed by atoms with E-state index < -0.39 is 10.7 Å². The van der Waals surface area contributed by atoms with Crippen LogP contribution in [0, 0.1) is 10.1 Å². The molecule has 0 amide bonds. The van der Waals surface area contributed by atoms with Crippen molar-refractivity contribution in [1.82, 2.24) is 0 Å². The highest BCUT2D eigenvalue weighted by atomic mass is 35.5. The average molecular weight is 264 g/mol. The molecule has 0 heterocycles. The Hall–Kier alpha value is -1.33. The molecule has 5 nitrogen and oxygen atoms in total. The lowest BCUT2D eigenvalue weighted by Gasteiger charge is -2.07. The average Bonchev–Trinajstić information content (AvgIpc) is 2.27. The standard InChI is InChI=1S/C9H7Cl2NO4/c1-16-7-3-2-5(12(14)15)8(9(7)11)6(13)4-10/h2-3H,4H2,1H3. The first-order valence-electron chi connectivity index (χ1n) is 4.13. The Labute approximate surface area is 101 Å². The van der Waals surface area contributed by atoms with E-state index in [2.05, 4.69) is 0 Å². The Balaban J connectivity index is 3.48. The summed E-state index contributed by atoms with van der Waals surface area (Å²) in [6, 6.07) is 2.48. The zero-order valence-electron chi connectivity index (χ0n) is 8.20. The molecule has 1 aromatic carbocycles. The third-order valence-electron chi connectivity index (χ3n) is 1.90. The highest BCUT2D eigenvalue weighted by Gasteiger charge is 2.25. The van der Waals surface area contributed by atoms with E-state index in [1.807, 2.05) is 0 Å². The van der Waals surface area contributed by atoms with Crippen molar-refractivity contribution in [3.05, 3.63) is 32.8 Å². The molecule has 86 valence electrons. The summed E-state index contributed by atoms with van der Waals surface area (Å²) in [6.45, 7) is 0. The van der Waals surface area contributed by atoms with Gasteiger partial charge in [-0.1, -0.05) is 11.6 Å². The molecule has 16 heavy (non-hydrogen) atoms. The van der Waals surface area contributed by atoms with Crippen LogP contribution in [-0.4, -0.2) is 23.7 Å². The summed E-state index contributed by atoms with van der Waals surface area (Å²) in [5, 5.41) is 10.6. The number of carbonyl (C=O) groups is 1. The molecule has 0 aromatic heterocycles. The highest BCUT2D eigenvalue weighted by molar-refractivity contribution is 6.39. The zero-order valence-corrected chi connectivity index (χ0v) is 9.71. The summed E-state index contributed by atoms with van der Waals surface area (Å²) < 4.78 is 4.87. The number of hydrogen-bond acceptors (Lipinski definition) is 4. The smallest absolute Gasteiger partial charge is 0.282 e. The van der Waals surface area contributed by atoms with Gasteiger partial charge in [0.15, 0.2) is 5.78 Å². The van der Waals surface area contributed by atoms with E-state index in [4.69, 9.17) is 27.9 Å². The van der Waals surface area contributed by atoms with Crippen molar-refractivity contribution in [1.29, 1.82) is 0 Å². The summed E-state index contributed by atoms with van der Waals surface area (Å²) in [5.41, 5.74) is -0.600. The quantitative estimate of drug-likeness (QED) is 0.363. The van der Waals surface area contributed by atoms with Crippen LogP contribution in [0.5, 0.6) is 5.75 Å². The second-order valence-corrected chi connectivity index (χ2v) is 3.44. The number of halogens is 2.